The molecule has 1 aromatic heterocycles. The summed E-state index contributed by atoms with van der Waals surface area (Å²) in [7, 11) is 1.69. The molecule has 0 amide bonds. The lowest BCUT2D eigenvalue weighted by Crippen LogP contribution is -2.09. The van der Waals surface area contributed by atoms with Crippen molar-refractivity contribution in [3.63, 3.8) is 0 Å². The SMILES string of the molecule is CCCCCNc1nc(C)cc(NCc2ccccc2OC)n1. The van der Waals surface area contributed by atoms with Crippen LogP contribution in [-0.4, -0.2) is 23.6 Å². The number of rotatable bonds is 9. The third kappa shape index (κ3) is 5.43. The molecule has 2 aromatic rings. The maximum absolute atomic E-state index is 5.37. The average Bonchev–Trinajstić information content (AvgIpc) is 2.57. The van der Waals surface area contributed by atoms with E-state index in [0.29, 0.717) is 12.5 Å². The van der Waals surface area contributed by atoms with Gasteiger partial charge in [0.05, 0.1) is 7.11 Å². The van der Waals surface area contributed by atoms with Gasteiger partial charge in [0, 0.05) is 30.4 Å². The number of methoxy groups -OCH3 is 1. The summed E-state index contributed by atoms with van der Waals surface area (Å²) >= 11 is 0. The Hall–Kier alpha value is -2.30. The maximum atomic E-state index is 5.37. The van der Waals surface area contributed by atoms with Crippen molar-refractivity contribution in [1.29, 1.82) is 0 Å². The van der Waals surface area contributed by atoms with E-state index in [-0.39, 0.29) is 0 Å². The van der Waals surface area contributed by atoms with Gasteiger partial charge in [-0.3, -0.25) is 0 Å². The lowest BCUT2D eigenvalue weighted by Gasteiger charge is -2.12. The van der Waals surface area contributed by atoms with Crippen molar-refractivity contribution in [2.24, 2.45) is 0 Å². The molecule has 0 atom stereocenters. The minimum Gasteiger partial charge on any atom is -0.496 e. The lowest BCUT2D eigenvalue weighted by atomic mass is 10.2. The average molecular weight is 314 g/mol. The number of benzene rings is 1. The molecule has 0 radical (unpaired) electrons. The first-order valence-electron chi connectivity index (χ1n) is 8.18. The molecule has 0 fully saturated rings. The van der Waals surface area contributed by atoms with E-state index in [1.54, 1.807) is 7.11 Å². The van der Waals surface area contributed by atoms with E-state index in [1.807, 2.05) is 37.3 Å². The number of unbranched alkanes of at least 4 members (excludes halogenated alkanes) is 2. The van der Waals surface area contributed by atoms with Gasteiger partial charge in [-0.15, -0.1) is 0 Å². The molecular weight excluding hydrogens is 288 g/mol. The van der Waals surface area contributed by atoms with Gasteiger partial charge >= 0.3 is 0 Å². The number of ether oxygens (including phenoxy) is 1. The van der Waals surface area contributed by atoms with Crippen LogP contribution < -0.4 is 15.4 Å². The second-order valence-electron chi connectivity index (χ2n) is 5.52. The molecule has 1 heterocycles. The molecule has 0 aliphatic rings. The predicted octanol–water partition coefficient (Wildman–Crippen LogP) is 4.01. The zero-order valence-corrected chi connectivity index (χ0v) is 14.2. The molecule has 0 aliphatic heterocycles. The van der Waals surface area contributed by atoms with E-state index in [2.05, 4.69) is 27.5 Å². The minimum absolute atomic E-state index is 0.662. The van der Waals surface area contributed by atoms with Gasteiger partial charge in [0.15, 0.2) is 0 Å². The van der Waals surface area contributed by atoms with Crippen LogP contribution in [0, 0.1) is 6.92 Å². The Balaban J connectivity index is 1.98. The molecule has 0 saturated heterocycles. The van der Waals surface area contributed by atoms with Crippen LogP contribution in [0.3, 0.4) is 0 Å². The van der Waals surface area contributed by atoms with Crippen LogP contribution in [0.5, 0.6) is 5.75 Å². The molecule has 2 rings (SSSR count). The fourth-order valence-corrected chi connectivity index (χ4v) is 2.35. The third-order valence-electron chi connectivity index (χ3n) is 3.57. The summed E-state index contributed by atoms with van der Waals surface area (Å²) in [4.78, 5) is 8.96. The summed E-state index contributed by atoms with van der Waals surface area (Å²) < 4.78 is 5.37. The smallest absolute Gasteiger partial charge is 0.224 e. The topological polar surface area (TPSA) is 59.1 Å². The van der Waals surface area contributed by atoms with Crippen LogP contribution in [0.2, 0.25) is 0 Å². The van der Waals surface area contributed by atoms with Gasteiger partial charge in [-0.05, 0) is 19.4 Å². The summed E-state index contributed by atoms with van der Waals surface area (Å²) in [6, 6.07) is 9.93. The van der Waals surface area contributed by atoms with Crippen molar-refractivity contribution in [3.05, 3.63) is 41.6 Å². The molecule has 0 unspecified atom stereocenters. The molecule has 5 nitrogen and oxygen atoms in total. The molecule has 23 heavy (non-hydrogen) atoms. The largest absolute Gasteiger partial charge is 0.496 e. The number of nitrogens with one attached hydrogen (secondary N) is 2. The zero-order chi connectivity index (χ0) is 16.5. The third-order valence-corrected chi connectivity index (χ3v) is 3.57. The van der Waals surface area contributed by atoms with E-state index in [1.165, 1.54) is 12.8 Å². The summed E-state index contributed by atoms with van der Waals surface area (Å²) in [5, 5.41) is 6.64. The molecule has 0 saturated carbocycles. The monoisotopic (exact) mass is 314 g/mol. The van der Waals surface area contributed by atoms with Crippen LogP contribution in [0.15, 0.2) is 30.3 Å². The van der Waals surface area contributed by atoms with Gasteiger partial charge in [0.2, 0.25) is 5.95 Å². The second kappa shape index (κ2) is 8.98. The highest BCUT2D eigenvalue weighted by Gasteiger charge is 2.04. The van der Waals surface area contributed by atoms with Crippen molar-refractivity contribution in [2.45, 2.75) is 39.7 Å². The highest BCUT2D eigenvalue weighted by molar-refractivity contribution is 5.44. The van der Waals surface area contributed by atoms with Crippen LogP contribution in [0.1, 0.15) is 37.4 Å². The summed E-state index contributed by atoms with van der Waals surface area (Å²) in [5.74, 6) is 2.38. The van der Waals surface area contributed by atoms with Gasteiger partial charge in [0.25, 0.3) is 0 Å². The fourth-order valence-electron chi connectivity index (χ4n) is 2.35. The summed E-state index contributed by atoms with van der Waals surface area (Å²) in [6.45, 7) is 5.75. The first kappa shape index (κ1) is 17.1. The Morgan fingerprint density at radius 2 is 1.91 bits per heavy atom. The number of nitrogens with zero attached hydrogens (tertiary/aromatic N) is 2. The van der Waals surface area contributed by atoms with Gasteiger partial charge in [-0.25, -0.2) is 4.98 Å². The van der Waals surface area contributed by atoms with E-state index in [4.69, 9.17) is 4.74 Å². The first-order chi connectivity index (χ1) is 11.2. The Labute approximate surface area is 138 Å². The van der Waals surface area contributed by atoms with Crippen LogP contribution in [-0.2, 0) is 6.54 Å². The van der Waals surface area contributed by atoms with Crippen LogP contribution >= 0.6 is 0 Å². The zero-order valence-electron chi connectivity index (χ0n) is 14.2. The van der Waals surface area contributed by atoms with Crippen molar-refractivity contribution >= 4 is 11.8 Å². The second-order valence-corrected chi connectivity index (χ2v) is 5.52. The van der Waals surface area contributed by atoms with Gasteiger partial charge in [0.1, 0.15) is 11.6 Å². The summed E-state index contributed by atoms with van der Waals surface area (Å²) in [6.07, 6.45) is 3.57. The van der Waals surface area contributed by atoms with Gasteiger partial charge < -0.3 is 15.4 Å². The van der Waals surface area contributed by atoms with Crippen LogP contribution in [0.25, 0.3) is 0 Å². The molecule has 2 N–H and O–H groups in total. The molecule has 1 aromatic carbocycles. The highest BCUT2D eigenvalue weighted by Crippen LogP contribution is 2.19. The Morgan fingerprint density at radius 3 is 2.70 bits per heavy atom. The highest BCUT2D eigenvalue weighted by atomic mass is 16.5. The van der Waals surface area contributed by atoms with Crippen LogP contribution in [0.4, 0.5) is 11.8 Å². The molecule has 5 heteroatoms. The van der Waals surface area contributed by atoms with E-state index >= 15 is 0 Å². The van der Waals surface area contributed by atoms with Crippen molar-refractivity contribution < 1.29 is 4.74 Å². The summed E-state index contributed by atoms with van der Waals surface area (Å²) in [5.41, 5.74) is 2.05. The van der Waals surface area contributed by atoms with Crippen molar-refractivity contribution in [1.82, 2.24) is 9.97 Å². The molecule has 0 aliphatic carbocycles. The fraction of sp³-hybridized carbons (Fsp3) is 0.444. The van der Waals surface area contributed by atoms with E-state index in [0.717, 1.165) is 35.8 Å². The number of hydrogen-bond acceptors (Lipinski definition) is 5. The van der Waals surface area contributed by atoms with Crippen molar-refractivity contribution in [2.75, 3.05) is 24.3 Å². The normalized spacial score (nSPS) is 10.4. The minimum atomic E-state index is 0.662. The lowest BCUT2D eigenvalue weighted by molar-refractivity contribution is 0.410. The molecular formula is C18H26N4O. The van der Waals surface area contributed by atoms with Gasteiger partial charge in [-0.1, -0.05) is 38.0 Å². The number of anilines is 2. The standard InChI is InChI=1S/C18H26N4O/c1-4-5-8-11-19-18-21-14(2)12-17(22-18)20-13-15-9-6-7-10-16(15)23-3/h6-7,9-10,12H,4-5,8,11,13H2,1-3H3,(H2,19,20,21,22). The Bertz CT molecular complexity index is 616. The maximum Gasteiger partial charge on any atom is 0.224 e. The van der Waals surface area contributed by atoms with Gasteiger partial charge in [-0.2, -0.15) is 4.98 Å². The molecule has 124 valence electrons. The molecule has 0 spiro atoms. The number of aromatic nitrogens is 2. The number of hydrogen-bond donors (Lipinski definition) is 2. The quantitative estimate of drug-likeness (QED) is 0.685. The Morgan fingerprint density at radius 1 is 1.09 bits per heavy atom. The van der Waals surface area contributed by atoms with Crippen molar-refractivity contribution in [3.8, 4) is 5.75 Å². The number of aryl methyl sites for hydroxylation is 1. The Kier molecular flexibility index (Phi) is 6.66. The molecule has 0 bridgehead atoms. The van der Waals surface area contributed by atoms with E-state index in [9.17, 15) is 0 Å². The first-order valence-corrected chi connectivity index (χ1v) is 8.18. The van der Waals surface area contributed by atoms with E-state index < -0.39 is 0 Å². The predicted molar refractivity (Wildman–Crippen MR) is 95.1 cm³/mol. The number of para-hydroxylation sites is 1.